The SMILES string of the molecule is Cc1nc(Cc2ccc(NC(=O)N(C)CCC[C@H]3CCCO3)cc2)n[nH]1. The van der Waals surface area contributed by atoms with Gasteiger partial charge in [0.15, 0.2) is 5.82 Å². The molecular weight excluding hydrogens is 330 g/mol. The predicted octanol–water partition coefficient (Wildman–Crippen LogP) is 3.13. The molecule has 7 heteroatoms. The maximum atomic E-state index is 12.3. The molecule has 1 saturated heterocycles. The lowest BCUT2D eigenvalue weighted by molar-refractivity contribution is 0.101. The second kappa shape index (κ2) is 8.80. The van der Waals surface area contributed by atoms with Crippen molar-refractivity contribution in [3.8, 4) is 0 Å². The van der Waals surface area contributed by atoms with Crippen molar-refractivity contribution < 1.29 is 9.53 Å². The average Bonchev–Trinajstić information content (AvgIpc) is 3.28. The molecule has 140 valence electrons. The van der Waals surface area contributed by atoms with Gasteiger partial charge in [-0.05, 0) is 50.3 Å². The number of aromatic amines is 1. The lowest BCUT2D eigenvalue weighted by Gasteiger charge is -2.19. The number of urea groups is 1. The largest absolute Gasteiger partial charge is 0.378 e. The molecule has 0 saturated carbocycles. The quantitative estimate of drug-likeness (QED) is 0.797. The second-order valence-corrected chi connectivity index (χ2v) is 6.84. The van der Waals surface area contributed by atoms with E-state index in [2.05, 4.69) is 20.5 Å². The Bertz CT molecular complexity index is 707. The summed E-state index contributed by atoms with van der Waals surface area (Å²) in [6.07, 6.45) is 5.34. The van der Waals surface area contributed by atoms with Crippen LogP contribution in [0.15, 0.2) is 24.3 Å². The Morgan fingerprint density at radius 2 is 2.19 bits per heavy atom. The molecule has 1 aromatic carbocycles. The number of rotatable bonds is 7. The van der Waals surface area contributed by atoms with Crippen LogP contribution in [0.5, 0.6) is 0 Å². The van der Waals surface area contributed by atoms with E-state index in [0.717, 1.165) is 61.7 Å². The van der Waals surface area contributed by atoms with E-state index in [1.54, 1.807) is 4.90 Å². The molecule has 1 fully saturated rings. The van der Waals surface area contributed by atoms with Gasteiger partial charge in [-0.2, -0.15) is 5.10 Å². The Labute approximate surface area is 154 Å². The number of benzene rings is 1. The Kier molecular flexibility index (Phi) is 6.22. The molecule has 1 aliphatic heterocycles. The number of aromatic nitrogens is 3. The van der Waals surface area contributed by atoms with Gasteiger partial charge in [0.2, 0.25) is 0 Å². The van der Waals surface area contributed by atoms with Gasteiger partial charge in [0.05, 0.1) is 6.10 Å². The van der Waals surface area contributed by atoms with Gasteiger partial charge < -0.3 is 15.0 Å². The molecule has 1 aromatic heterocycles. The Morgan fingerprint density at radius 3 is 2.85 bits per heavy atom. The highest BCUT2D eigenvalue weighted by atomic mass is 16.5. The zero-order valence-electron chi connectivity index (χ0n) is 15.5. The third-order valence-corrected chi connectivity index (χ3v) is 4.60. The maximum Gasteiger partial charge on any atom is 0.321 e. The number of hydrogen-bond acceptors (Lipinski definition) is 4. The van der Waals surface area contributed by atoms with Gasteiger partial charge in [-0.1, -0.05) is 12.1 Å². The van der Waals surface area contributed by atoms with Crippen LogP contribution in [0.25, 0.3) is 0 Å². The van der Waals surface area contributed by atoms with Crippen LogP contribution >= 0.6 is 0 Å². The van der Waals surface area contributed by atoms with Gasteiger partial charge in [-0.25, -0.2) is 9.78 Å². The van der Waals surface area contributed by atoms with Crippen LogP contribution in [0.1, 0.15) is 42.9 Å². The van der Waals surface area contributed by atoms with Gasteiger partial charge in [-0.3, -0.25) is 5.10 Å². The van der Waals surface area contributed by atoms with Crippen LogP contribution in [-0.4, -0.2) is 52.4 Å². The number of nitrogens with one attached hydrogen (secondary N) is 2. The summed E-state index contributed by atoms with van der Waals surface area (Å²) in [5.41, 5.74) is 1.89. The number of aryl methyl sites for hydroxylation is 1. The minimum absolute atomic E-state index is 0.0883. The molecule has 26 heavy (non-hydrogen) atoms. The van der Waals surface area contributed by atoms with Crippen LogP contribution < -0.4 is 5.32 Å². The number of ether oxygens (including phenoxy) is 1. The average molecular weight is 357 g/mol. The summed E-state index contributed by atoms with van der Waals surface area (Å²) in [4.78, 5) is 18.3. The highest BCUT2D eigenvalue weighted by Gasteiger charge is 2.16. The van der Waals surface area contributed by atoms with Crippen molar-refractivity contribution in [2.24, 2.45) is 0 Å². The number of hydrogen-bond donors (Lipinski definition) is 2. The Balaban J connectivity index is 1.42. The summed E-state index contributed by atoms with van der Waals surface area (Å²) in [5, 5.41) is 9.92. The first-order valence-corrected chi connectivity index (χ1v) is 9.20. The molecular formula is C19H27N5O2. The van der Waals surface area contributed by atoms with Crippen LogP contribution in [0.4, 0.5) is 10.5 Å². The number of amides is 2. The number of H-pyrrole nitrogens is 1. The van der Waals surface area contributed by atoms with E-state index in [-0.39, 0.29) is 6.03 Å². The molecule has 1 aliphatic rings. The molecule has 1 atom stereocenters. The zero-order valence-corrected chi connectivity index (χ0v) is 15.5. The Hall–Kier alpha value is -2.41. The second-order valence-electron chi connectivity index (χ2n) is 6.84. The van der Waals surface area contributed by atoms with Crippen molar-refractivity contribution in [3.63, 3.8) is 0 Å². The molecule has 2 aromatic rings. The van der Waals surface area contributed by atoms with E-state index in [1.165, 1.54) is 0 Å². The summed E-state index contributed by atoms with van der Waals surface area (Å²) in [5.74, 6) is 1.58. The van der Waals surface area contributed by atoms with Crippen molar-refractivity contribution in [2.45, 2.75) is 45.1 Å². The fraction of sp³-hybridized carbons (Fsp3) is 0.526. The summed E-state index contributed by atoms with van der Waals surface area (Å²) >= 11 is 0. The third kappa shape index (κ3) is 5.29. The Morgan fingerprint density at radius 1 is 1.38 bits per heavy atom. The molecule has 0 aliphatic carbocycles. The van der Waals surface area contributed by atoms with Gasteiger partial charge in [0.25, 0.3) is 0 Å². The number of carbonyl (C=O) groups excluding carboxylic acids is 1. The number of nitrogens with zero attached hydrogens (tertiary/aromatic N) is 3. The van der Waals surface area contributed by atoms with Crippen molar-refractivity contribution in [1.29, 1.82) is 0 Å². The molecule has 7 nitrogen and oxygen atoms in total. The summed E-state index contributed by atoms with van der Waals surface area (Å²) in [6, 6.07) is 7.70. The predicted molar refractivity (Wildman–Crippen MR) is 100 cm³/mol. The van der Waals surface area contributed by atoms with Gasteiger partial charge in [0.1, 0.15) is 5.82 Å². The smallest absolute Gasteiger partial charge is 0.321 e. The molecule has 2 amide bonds. The topological polar surface area (TPSA) is 83.1 Å². The van der Waals surface area contributed by atoms with E-state index < -0.39 is 0 Å². The van der Waals surface area contributed by atoms with Crippen molar-refractivity contribution in [3.05, 3.63) is 41.5 Å². The normalized spacial score (nSPS) is 16.6. The summed E-state index contributed by atoms with van der Waals surface area (Å²) in [6.45, 7) is 3.49. The lowest BCUT2D eigenvalue weighted by Crippen LogP contribution is -2.32. The van der Waals surface area contributed by atoms with Crippen LogP contribution in [0.2, 0.25) is 0 Å². The zero-order chi connectivity index (χ0) is 18.4. The fourth-order valence-electron chi connectivity index (χ4n) is 3.11. The minimum Gasteiger partial charge on any atom is -0.378 e. The van der Waals surface area contributed by atoms with Crippen molar-refractivity contribution in [1.82, 2.24) is 20.1 Å². The van der Waals surface area contributed by atoms with E-state index in [4.69, 9.17) is 4.74 Å². The lowest BCUT2D eigenvalue weighted by atomic mass is 10.1. The van der Waals surface area contributed by atoms with Crippen LogP contribution in [0.3, 0.4) is 0 Å². The van der Waals surface area contributed by atoms with E-state index in [1.807, 2.05) is 38.2 Å². The molecule has 0 radical (unpaired) electrons. The number of carbonyl (C=O) groups is 1. The molecule has 0 bridgehead atoms. The standard InChI is InChI=1S/C19H27N5O2/c1-14-20-18(23-22-14)13-15-7-9-16(10-8-15)21-19(25)24(2)11-3-5-17-6-4-12-26-17/h7-10,17H,3-6,11-13H2,1-2H3,(H,21,25)(H,20,22,23)/t17-/m0/s1. The van der Waals surface area contributed by atoms with E-state index >= 15 is 0 Å². The van der Waals surface area contributed by atoms with E-state index in [9.17, 15) is 4.79 Å². The minimum atomic E-state index is -0.0883. The summed E-state index contributed by atoms with van der Waals surface area (Å²) < 4.78 is 5.62. The first kappa shape index (κ1) is 18.4. The highest BCUT2D eigenvalue weighted by molar-refractivity contribution is 5.89. The maximum absolute atomic E-state index is 12.3. The molecule has 0 spiro atoms. The molecule has 3 rings (SSSR count). The first-order valence-electron chi connectivity index (χ1n) is 9.20. The van der Waals surface area contributed by atoms with Gasteiger partial charge in [0, 0.05) is 32.3 Å². The first-order chi connectivity index (χ1) is 12.6. The van der Waals surface area contributed by atoms with Crippen molar-refractivity contribution in [2.75, 3.05) is 25.5 Å². The monoisotopic (exact) mass is 357 g/mol. The van der Waals surface area contributed by atoms with Crippen LogP contribution in [-0.2, 0) is 11.2 Å². The van der Waals surface area contributed by atoms with Gasteiger partial charge >= 0.3 is 6.03 Å². The molecule has 2 heterocycles. The number of anilines is 1. The van der Waals surface area contributed by atoms with Crippen molar-refractivity contribution >= 4 is 11.7 Å². The molecule has 0 unspecified atom stereocenters. The van der Waals surface area contributed by atoms with E-state index in [0.29, 0.717) is 12.5 Å². The molecule has 2 N–H and O–H groups in total. The van der Waals surface area contributed by atoms with Gasteiger partial charge in [-0.15, -0.1) is 0 Å². The van der Waals surface area contributed by atoms with Crippen LogP contribution in [0, 0.1) is 6.92 Å². The highest BCUT2D eigenvalue weighted by Crippen LogP contribution is 2.17. The fourth-order valence-corrected chi connectivity index (χ4v) is 3.11. The third-order valence-electron chi connectivity index (χ3n) is 4.60. The summed E-state index contributed by atoms with van der Waals surface area (Å²) in [7, 11) is 1.82.